The van der Waals surface area contributed by atoms with Gasteiger partial charge in [-0.05, 0) is 42.8 Å². The Hall–Kier alpha value is -3.29. The van der Waals surface area contributed by atoms with Gasteiger partial charge in [0.1, 0.15) is 5.15 Å². The summed E-state index contributed by atoms with van der Waals surface area (Å²) in [6.07, 6.45) is 0. The molecule has 2 aromatic heterocycles. The summed E-state index contributed by atoms with van der Waals surface area (Å²) in [5, 5.41) is 5.48. The normalized spacial score (nSPS) is 14.8. The second-order valence-electron chi connectivity index (χ2n) is 7.94. The van der Waals surface area contributed by atoms with Crippen molar-refractivity contribution in [3.8, 4) is 11.4 Å². The molecule has 1 fully saturated rings. The fourth-order valence-electron chi connectivity index (χ4n) is 3.97. The monoisotopic (exact) mass is 447 g/mol. The van der Waals surface area contributed by atoms with Gasteiger partial charge in [0.05, 0.1) is 12.1 Å². The first-order chi connectivity index (χ1) is 15.6. The van der Waals surface area contributed by atoms with E-state index < -0.39 is 0 Å². The molecule has 1 aliphatic rings. The SMILES string of the molecule is Cc1ccccc1-c1noc(CN2CCN(C(=O)c3ccc4nc(Cl)ccc4c3)CC2)n1. The predicted octanol–water partition coefficient (Wildman–Crippen LogP) is 4.20. The zero-order valence-corrected chi connectivity index (χ0v) is 18.4. The van der Waals surface area contributed by atoms with Gasteiger partial charge in [-0.3, -0.25) is 9.69 Å². The van der Waals surface area contributed by atoms with Crippen LogP contribution in [0.15, 0.2) is 59.1 Å². The van der Waals surface area contributed by atoms with E-state index in [0.717, 1.165) is 35.1 Å². The molecule has 8 heteroatoms. The Kier molecular flexibility index (Phi) is 5.59. The molecule has 32 heavy (non-hydrogen) atoms. The lowest BCUT2D eigenvalue weighted by Gasteiger charge is -2.34. The van der Waals surface area contributed by atoms with Crippen molar-refractivity contribution in [2.24, 2.45) is 0 Å². The Morgan fingerprint density at radius 3 is 2.66 bits per heavy atom. The van der Waals surface area contributed by atoms with E-state index in [9.17, 15) is 4.79 Å². The van der Waals surface area contributed by atoms with Gasteiger partial charge < -0.3 is 9.42 Å². The lowest BCUT2D eigenvalue weighted by atomic mass is 10.1. The zero-order valence-electron chi connectivity index (χ0n) is 17.7. The Morgan fingerprint density at radius 2 is 1.84 bits per heavy atom. The van der Waals surface area contributed by atoms with Gasteiger partial charge in [0.2, 0.25) is 11.7 Å². The quantitative estimate of drug-likeness (QED) is 0.436. The fraction of sp³-hybridized carbons (Fsp3) is 0.250. The fourth-order valence-corrected chi connectivity index (χ4v) is 4.12. The maximum Gasteiger partial charge on any atom is 0.253 e. The molecule has 1 saturated heterocycles. The lowest BCUT2D eigenvalue weighted by molar-refractivity contribution is 0.0615. The minimum absolute atomic E-state index is 0.0288. The minimum atomic E-state index is 0.0288. The Balaban J connectivity index is 1.21. The molecule has 0 aliphatic carbocycles. The number of aromatic nitrogens is 3. The summed E-state index contributed by atoms with van der Waals surface area (Å²) in [6, 6.07) is 17.1. The van der Waals surface area contributed by atoms with E-state index in [1.54, 1.807) is 6.07 Å². The van der Waals surface area contributed by atoms with Gasteiger partial charge in [-0.2, -0.15) is 4.98 Å². The number of hydrogen-bond donors (Lipinski definition) is 0. The number of aryl methyl sites for hydroxylation is 1. The molecule has 2 aromatic carbocycles. The first-order valence-electron chi connectivity index (χ1n) is 10.5. The van der Waals surface area contributed by atoms with E-state index in [1.165, 1.54) is 0 Å². The summed E-state index contributed by atoms with van der Waals surface area (Å²) in [6.45, 7) is 5.40. The molecule has 0 unspecified atom stereocenters. The number of fused-ring (bicyclic) bond motifs is 1. The molecule has 1 amide bonds. The third-order valence-electron chi connectivity index (χ3n) is 5.77. The number of benzene rings is 2. The van der Waals surface area contributed by atoms with Crippen LogP contribution in [0.2, 0.25) is 5.15 Å². The van der Waals surface area contributed by atoms with E-state index in [4.69, 9.17) is 16.1 Å². The number of piperazine rings is 1. The van der Waals surface area contributed by atoms with Crippen molar-refractivity contribution in [1.82, 2.24) is 24.9 Å². The number of nitrogens with zero attached hydrogens (tertiary/aromatic N) is 5. The van der Waals surface area contributed by atoms with Crippen molar-refractivity contribution >= 4 is 28.4 Å². The van der Waals surface area contributed by atoms with E-state index in [0.29, 0.717) is 42.1 Å². The maximum atomic E-state index is 13.0. The summed E-state index contributed by atoms with van der Waals surface area (Å²) in [4.78, 5) is 25.9. The molecule has 4 aromatic rings. The van der Waals surface area contributed by atoms with Crippen molar-refractivity contribution in [2.45, 2.75) is 13.5 Å². The van der Waals surface area contributed by atoms with Crippen molar-refractivity contribution in [1.29, 1.82) is 0 Å². The van der Waals surface area contributed by atoms with Crippen LogP contribution in [0.3, 0.4) is 0 Å². The van der Waals surface area contributed by atoms with Crippen molar-refractivity contribution < 1.29 is 9.32 Å². The molecular weight excluding hydrogens is 426 g/mol. The van der Waals surface area contributed by atoms with Gasteiger partial charge in [0, 0.05) is 42.7 Å². The molecule has 162 valence electrons. The van der Waals surface area contributed by atoms with Crippen LogP contribution in [0.4, 0.5) is 0 Å². The third-order valence-corrected chi connectivity index (χ3v) is 5.99. The number of carbonyl (C=O) groups is 1. The van der Waals surface area contributed by atoms with Gasteiger partial charge >= 0.3 is 0 Å². The standard InChI is InChI=1S/C24H22ClN5O2/c1-16-4-2-3-5-19(16)23-27-22(32-28-23)15-29-10-12-30(13-11-29)24(31)18-6-8-20-17(14-18)7-9-21(25)26-20/h2-9,14H,10-13,15H2,1H3. The first-order valence-corrected chi connectivity index (χ1v) is 10.9. The Morgan fingerprint density at radius 1 is 1.03 bits per heavy atom. The maximum absolute atomic E-state index is 13.0. The van der Waals surface area contributed by atoms with Crippen LogP contribution in [0.1, 0.15) is 21.8 Å². The average molecular weight is 448 g/mol. The number of carbonyl (C=O) groups excluding carboxylic acids is 1. The molecule has 0 radical (unpaired) electrons. The first kappa shape index (κ1) is 20.6. The molecular formula is C24H22ClN5O2. The number of pyridine rings is 1. The van der Waals surface area contributed by atoms with E-state index in [2.05, 4.69) is 20.0 Å². The van der Waals surface area contributed by atoms with Crippen LogP contribution in [-0.2, 0) is 6.54 Å². The Bertz CT molecular complexity index is 1280. The van der Waals surface area contributed by atoms with Crippen molar-refractivity contribution in [3.63, 3.8) is 0 Å². The van der Waals surface area contributed by atoms with E-state index in [-0.39, 0.29) is 5.91 Å². The van der Waals surface area contributed by atoms with Crippen LogP contribution < -0.4 is 0 Å². The van der Waals surface area contributed by atoms with Gasteiger partial charge in [0.25, 0.3) is 5.91 Å². The topological polar surface area (TPSA) is 75.4 Å². The van der Waals surface area contributed by atoms with Crippen molar-refractivity contribution in [3.05, 3.63) is 76.8 Å². The van der Waals surface area contributed by atoms with Crippen LogP contribution in [0.25, 0.3) is 22.3 Å². The highest BCUT2D eigenvalue weighted by Crippen LogP contribution is 2.21. The molecule has 0 N–H and O–H groups in total. The van der Waals surface area contributed by atoms with Gasteiger partial charge in [0.15, 0.2) is 0 Å². The average Bonchev–Trinajstić information content (AvgIpc) is 3.27. The third kappa shape index (κ3) is 4.22. The molecule has 0 saturated carbocycles. The molecule has 0 bridgehead atoms. The smallest absolute Gasteiger partial charge is 0.253 e. The summed E-state index contributed by atoms with van der Waals surface area (Å²) >= 11 is 5.95. The summed E-state index contributed by atoms with van der Waals surface area (Å²) in [5.41, 5.74) is 3.53. The van der Waals surface area contributed by atoms with Gasteiger partial charge in [-0.15, -0.1) is 0 Å². The number of amides is 1. The van der Waals surface area contributed by atoms with E-state index >= 15 is 0 Å². The van der Waals surface area contributed by atoms with Crippen LogP contribution in [0.5, 0.6) is 0 Å². The highest BCUT2D eigenvalue weighted by atomic mass is 35.5. The molecule has 0 atom stereocenters. The highest BCUT2D eigenvalue weighted by Gasteiger charge is 2.24. The molecule has 5 rings (SSSR count). The van der Waals surface area contributed by atoms with Crippen LogP contribution >= 0.6 is 11.6 Å². The Labute approximate surface area is 190 Å². The lowest BCUT2D eigenvalue weighted by Crippen LogP contribution is -2.48. The summed E-state index contributed by atoms with van der Waals surface area (Å²) < 4.78 is 5.47. The van der Waals surface area contributed by atoms with Crippen LogP contribution in [-0.4, -0.2) is 57.0 Å². The minimum Gasteiger partial charge on any atom is -0.338 e. The molecule has 7 nitrogen and oxygen atoms in total. The summed E-state index contributed by atoms with van der Waals surface area (Å²) in [5.74, 6) is 1.23. The predicted molar refractivity (Wildman–Crippen MR) is 122 cm³/mol. The largest absolute Gasteiger partial charge is 0.338 e. The van der Waals surface area contributed by atoms with Gasteiger partial charge in [-0.1, -0.05) is 41.0 Å². The molecule has 3 heterocycles. The van der Waals surface area contributed by atoms with Crippen molar-refractivity contribution in [2.75, 3.05) is 26.2 Å². The number of halogens is 1. The summed E-state index contributed by atoms with van der Waals surface area (Å²) in [7, 11) is 0. The second-order valence-corrected chi connectivity index (χ2v) is 8.32. The van der Waals surface area contributed by atoms with Gasteiger partial charge in [-0.25, -0.2) is 4.98 Å². The van der Waals surface area contributed by atoms with Crippen LogP contribution in [0, 0.1) is 6.92 Å². The second kappa shape index (κ2) is 8.68. The highest BCUT2D eigenvalue weighted by molar-refractivity contribution is 6.29. The molecule has 0 spiro atoms. The number of hydrogen-bond acceptors (Lipinski definition) is 6. The zero-order chi connectivity index (χ0) is 22.1. The molecule has 1 aliphatic heterocycles. The van der Waals surface area contributed by atoms with E-state index in [1.807, 2.05) is 60.4 Å². The number of rotatable bonds is 4.